The minimum atomic E-state index is -0.198. The summed E-state index contributed by atoms with van der Waals surface area (Å²) in [5.74, 6) is -0.198. The quantitative estimate of drug-likeness (QED) is 0.675. The van der Waals surface area contributed by atoms with Gasteiger partial charge in [0.25, 0.3) is 0 Å². The standard InChI is InChI=1S/C13H13FN2/c14-12-2-1-3-13(10-12)16-8-5-11(4-7-15)6-9-16/h1-4,10H,5-6,8-9H2. The Labute approximate surface area is 94.6 Å². The Morgan fingerprint density at radius 1 is 1.31 bits per heavy atom. The molecule has 0 atom stereocenters. The molecule has 1 aliphatic heterocycles. The molecule has 0 saturated carbocycles. The third-order valence-electron chi connectivity index (χ3n) is 2.85. The molecule has 1 heterocycles. The molecule has 0 bridgehead atoms. The maximum atomic E-state index is 13.0. The Balaban J connectivity index is 2.05. The molecule has 0 spiro atoms. The van der Waals surface area contributed by atoms with Gasteiger partial charge in [-0.2, -0.15) is 5.26 Å². The fourth-order valence-electron chi connectivity index (χ4n) is 1.96. The average Bonchev–Trinajstić information content (AvgIpc) is 2.30. The molecule has 1 aromatic rings. The number of piperidine rings is 1. The van der Waals surface area contributed by atoms with Gasteiger partial charge < -0.3 is 4.90 Å². The zero-order chi connectivity index (χ0) is 11.4. The van der Waals surface area contributed by atoms with Crippen LogP contribution in [0, 0.1) is 17.1 Å². The van der Waals surface area contributed by atoms with Crippen LogP contribution in [0.1, 0.15) is 12.8 Å². The van der Waals surface area contributed by atoms with Crippen LogP contribution < -0.4 is 4.90 Å². The molecule has 1 aliphatic rings. The minimum Gasteiger partial charge on any atom is -0.371 e. The van der Waals surface area contributed by atoms with Gasteiger partial charge >= 0.3 is 0 Å². The molecule has 0 amide bonds. The van der Waals surface area contributed by atoms with Gasteiger partial charge in [-0.3, -0.25) is 0 Å². The van der Waals surface area contributed by atoms with E-state index in [0.29, 0.717) is 0 Å². The van der Waals surface area contributed by atoms with Gasteiger partial charge in [-0.1, -0.05) is 11.6 Å². The van der Waals surface area contributed by atoms with Crippen LogP contribution in [0.4, 0.5) is 10.1 Å². The van der Waals surface area contributed by atoms with Gasteiger partial charge in [0.2, 0.25) is 0 Å². The largest absolute Gasteiger partial charge is 0.371 e. The highest BCUT2D eigenvalue weighted by atomic mass is 19.1. The van der Waals surface area contributed by atoms with Gasteiger partial charge in [-0.15, -0.1) is 0 Å². The van der Waals surface area contributed by atoms with Gasteiger partial charge in [0.1, 0.15) is 5.82 Å². The zero-order valence-corrected chi connectivity index (χ0v) is 8.99. The van der Waals surface area contributed by atoms with Gasteiger partial charge in [-0.05, 0) is 31.0 Å². The second kappa shape index (κ2) is 4.80. The van der Waals surface area contributed by atoms with Crippen LogP contribution in [-0.4, -0.2) is 13.1 Å². The van der Waals surface area contributed by atoms with Crippen LogP contribution in [0.3, 0.4) is 0 Å². The van der Waals surface area contributed by atoms with E-state index in [1.54, 1.807) is 18.2 Å². The monoisotopic (exact) mass is 216 g/mol. The molecule has 0 radical (unpaired) electrons. The van der Waals surface area contributed by atoms with Crippen molar-refractivity contribution in [2.75, 3.05) is 18.0 Å². The Morgan fingerprint density at radius 3 is 2.69 bits per heavy atom. The first-order chi connectivity index (χ1) is 7.79. The summed E-state index contributed by atoms with van der Waals surface area (Å²) in [6.07, 6.45) is 3.41. The van der Waals surface area contributed by atoms with Crippen molar-refractivity contribution in [3.8, 4) is 6.07 Å². The van der Waals surface area contributed by atoms with E-state index < -0.39 is 0 Å². The van der Waals surface area contributed by atoms with Crippen molar-refractivity contribution in [1.82, 2.24) is 0 Å². The van der Waals surface area contributed by atoms with Crippen molar-refractivity contribution in [2.45, 2.75) is 12.8 Å². The van der Waals surface area contributed by atoms with Crippen LogP contribution in [0.2, 0.25) is 0 Å². The number of halogens is 1. The fourth-order valence-corrected chi connectivity index (χ4v) is 1.96. The van der Waals surface area contributed by atoms with Crippen molar-refractivity contribution in [3.05, 3.63) is 41.7 Å². The number of nitriles is 1. The number of rotatable bonds is 1. The smallest absolute Gasteiger partial charge is 0.125 e. The minimum absolute atomic E-state index is 0.198. The Bertz CT molecular complexity index is 435. The Hall–Kier alpha value is -1.82. The van der Waals surface area contributed by atoms with Crippen LogP contribution in [-0.2, 0) is 0 Å². The molecule has 0 aliphatic carbocycles. The van der Waals surface area contributed by atoms with E-state index in [-0.39, 0.29) is 5.82 Å². The van der Waals surface area contributed by atoms with Crippen molar-refractivity contribution in [1.29, 1.82) is 5.26 Å². The third-order valence-corrected chi connectivity index (χ3v) is 2.85. The molecule has 0 N–H and O–H groups in total. The highest BCUT2D eigenvalue weighted by molar-refractivity contribution is 5.47. The highest BCUT2D eigenvalue weighted by Gasteiger charge is 2.14. The van der Waals surface area contributed by atoms with Crippen LogP contribution in [0.5, 0.6) is 0 Å². The summed E-state index contributed by atoms with van der Waals surface area (Å²) in [5, 5.41) is 8.55. The summed E-state index contributed by atoms with van der Waals surface area (Å²) in [6, 6.07) is 8.71. The molecule has 16 heavy (non-hydrogen) atoms. The number of nitrogens with zero attached hydrogens (tertiary/aromatic N) is 2. The number of allylic oxidation sites excluding steroid dienone is 1. The predicted molar refractivity (Wildman–Crippen MR) is 61.5 cm³/mol. The molecule has 2 rings (SSSR count). The normalized spacial score (nSPS) is 15.8. The molecular formula is C13H13FN2. The van der Waals surface area contributed by atoms with Crippen molar-refractivity contribution >= 4 is 5.69 Å². The number of anilines is 1. The van der Waals surface area contributed by atoms with Gasteiger partial charge in [0.15, 0.2) is 0 Å². The molecule has 82 valence electrons. The van der Waals surface area contributed by atoms with E-state index in [1.807, 2.05) is 6.07 Å². The van der Waals surface area contributed by atoms with E-state index in [4.69, 9.17) is 5.26 Å². The average molecular weight is 216 g/mol. The lowest BCUT2D eigenvalue weighted by atomic mass is 10.0. The topological polar surface area (TPSA) is 27.0 Å². The first-order valence-corrected chi connectivity index (χ1v) is 5.37. The fraction of sp³-hybridized carbons (Fsp3) is 0.308. The Kier molecular flexibility index (Phi) is 3.21. The molecule has 3 heteroatoms. The molecule has 0 unspecified atom stereocenters. The maximum absolute atomic E-state index is 13.0. The summed E-state index contributed by atoms with van der Waals surface area (Å²) in [5.41, 5.74) is 2.12. The number of benzene rings is 1. The molecule has 0 aromatic heterocycles. The van der Waals surface area contributed by atoms with Crippen molar-refractivity contribution in [3.63, 3.8) is 0 Å². The van der Waals surface area contributed by atoms with E-state index >= 15 is 0 Å². The Morgan fingerprint density at radius 2 is 2.06 bits per heavy atom. The number of hydrogen-bond donors (Lipinski definition) is 0. The van der Waals surface area contributed by atoms with Gasteiger partial charge in [-0.25, -0.2) is 4.39 Å². The summed E-state index contributed by atoms with van der Waals surface area (Å²) in [6.45, 7) is 1.72. The summed E-state index contributed by atoms with van der Waals surface area (Å²) in [4.78, 5) is 2.15. The van der Waals surface area contributed by atoms with Crippen LogP contribution >= 0.6 is 0 Å². The summed E-state index contributed by atoms with van der Waals surface area (Å²) in [7, 11) is 0. The first-order valence-electron chi connectivity index (χ1n) is 5.37. The lowest BCUT2D eigenvalue weighted by Crippen LogP contribution is -2.30. The lowest BCUT2D eigenvalue weighted by Gasteiger charge is -2.30. The third kappa shape index (κ3) is 2.40. The molecule has 1 aromatic carbocycles. The van der Waals surface area contributed by atoms with E-state index in [2.05, 4.69) is 11.0 Å². The van der Waals surface area contributed by atoms with E-state index in [9.17, 15) is 4.39 Å². The second-order valence-electron chi connectivity index (χ2n) is 3.90. The summed E-state index contributed by atoms with van der Waals surface area (Å²) >= 11 is 0. The van der Waals surface area contributed by atoms with Crippen molar-refractivity contribution in [2.24, 2.45) is 0 Å². The highest BCUT2D eigenvalue weighted by Crippen LogP contribution is 2.22. The lowest BCUT2D eigenvalue weighted by molar-refractivity contribution is 0.623. The zero-order valence-electron chi connectivity index (χ0n) is 8.99. The molecule has 2 nitrogen and oxygen atoms in total. The summed E-state index contributed by atoms with van der Waals surface area (Å²) < 4.78 is 13.0. The molecular weight excluding hydrogens is 203 g/mol. The van der Waals surface area contributed by atoms with Gasteiger partial charge in [0, 0.05) is 24.9 Å². The van der Waals surface area contributed by atoms with Crippen LogP contribution in [0.25, 0.3) is 0 Å². The second-order valence-corrected chi connectivity index (χ2v) is 3.90. The number of hydrogen-bond acceptors (Lipinski definition) is 2. The van der Waals surface area contributed by atoms with Crippen LogP contribution in [0.15, 0.2) is 35.9 Å². The predicted octanol–water partition coefficient (Wildman–Crippen LogP) is 2.88. The van der Waals surface area contributed by atoms with Crippen molar-refractivity contribution < 1.29 is 4.39 Å². The first kappa shape index (κ1) is 10.7. The van der Waals surface area contributed by atoms with E-state index in [0.717, 1.165) is 31.6 Å². The molecule has 1 fully saturated rings. The molecule has 1 saturated heterocycles. The maximum Gasteiger partial charge on any atom is 0.125 e. The van der Waals surface area contributed by atoms with Gasteiger partial charge in [0.05, 0.1) is 6.07 Å². The van der Waals surface area contributed by atoms with E-state index in [1.165, 1.54) is 11.6 Å². The SMILES string of the molecule is N#CC=C1CCN(c2cccc(F)c2)CC1.